The van der Waals surface area contributed by atoms with Crippen molar-refractivity contribution in [3.8, 4) is 0 Å². The molecule has 1 aliphatic heterocycles. The van der Waals surface area contributed by atoms with Gasteiger partial charge in [0.25, 0.3) is 0 Å². The average molecular weight is 218 g/mol. The average Bonchev–Trinajstić information content (AvgIpc) is 2.66. The van der Waals surface area contributed by atoms with Crippen LogP contribution in [0.3, 0.4) is 0 Å². The molecule has 1 aromatic rings. The van der Waals surface area contributed by atoms with E-state index in [9.17, 15) is 4.79 Å². The fourth-order valence-corrected chi connectivity index (χ4v) is 2.04. The molecule has 0 saturated carbocycles. The Kier molecular flexibility index (Phi) is 3.57. The fraction of sp³-hybridized carbons (Fsp3) is 0.462. The molecule has 3 nitrogen and oxygen atoms in total. The lowest BCUT2D eigenvalue weighted by Gasteiger charge is -2.16. The van der Waals surface area contributed by atoms with E-state index >= 15 is 0 Å². The minimum atomic E-state index is 0.117. The Balaban J connectivity index is 1.85. The molecular weight excluding hydrogens is 200 g/mol. The Morgan fingerprint density at radius 1 is 1.38 bits per heavy atom. The second-order valence-corrected chi connectivity index (χ2v) is 4.47. The molecule has 2 unspecified atom stereocenters. The number of nitrogens with one attached hydrogen (secondary N) is 2. The molecule has 1 heterocycles. The third-order valence-electron chi connectivity index (χ3n) is 3.07. The van der Waals surface area contributed by atoms with Gasteiger partial charge in [-0.3, -0.25) is 4.79 Å². The van der Waals surface area contributed by atoms with Crippen LogP contribution < -0.4 is 10.6 Å². The molecule has 1 fully saturated rings. The van der Waals surface area contributed by atoms with Crippen molar-refractivity contribution in [2.75, 3.05) is 13.1 Å². The van der Waals surface area contributed by atoms with Crippen LogP contribution in [0, 0.1) is 5.92 Å². The summed E-state index contributed by atoms with van der Waals surface area (Å²) in [5, 5.41) is 6.35. The normalized spacial score (nSPS) is 24.3. The van der Waals surface area contributed by atoms with E-state index in [2.05, 4.69) is 17.6 Å². The summed E-state index contributed by atoms with van der Waals surface area (Å²) in [6.07, 6.45) is 0.476. The van der Waals surface area contributed by atoms with Gasteiger partial charge < -0.3 is 10.6 Å². The summed E-state index contributed by atoms with van der Waals surface area (Å²) in [6, 6.07) is 10.1. The molecule has 2 rings (SSSR count). The van der Waals surface area contributed by atoms with Crippen LogP contribution in [0.2, 0.25) is 0 Å². The number of hydrogen-bond donors (Lipinski definition) is 2. The fourth-order valence-electron chi connectivity index (χ4n) is 2.04. The number of rotatable bonds is 3. The maximum absolute atomic E-state index is 11.8. The molecule has 3 heteroatoms. The molecule has 2 atom stereocenters. The van der Waals surface area contributed by atoms with Crippen molar-refractivity contribution in [2.45, 2.75) is 19.4 Å². The topological polar surface area (TPSA) is 41.1 Å². The third kappa shape index (κ3) is 2.83. The van der Waals surface area contributed by atoms with Crippen LogP contribution in [-0.4, -0.2) is 25.0 Å². The molecule has 0 bridgehead atoms. The first kappa shape index (κ1) is 11.1. The summed E-state index contributed by atoms with van der Waals surface area (Å²) in [4.78, 5) is 11.8. The molecule has 86 valence electrons. The molecule has 0 aromatic heterocycles. The number of carbonyl (C=O) groups is 1. The summed E-state index contributed by atoms with van der Waals surface area (Å²) in [7, 11) is 0. The van der Waals surface area contributed by atoms with Gasteiger partial charge in [0.05, 0.1) is 6.42 Å². The smallest absolute Gasteiger partial charge is 0.224 e. The molecule has 0 radical (unpaired) electrons. The van der Waals surface area contributed by atoms with Gasteiger partial charge in [-0.2, -0.15) is 0 Å². The van der Waals surface area contributed by atoms with Gasteiger partial charge in [-0.1, -0.05) is 37.3 Å². The van der Waals surface area contributed by atoms with E-state index in [-0.39, 0.29) is 11.9 Å². The quantitative estimate of drug-likeness (QED) is 0.793. The van der Waals surface area contributed by atoms with E-state index in [4.69, 9.17) is 0 Å². The highest BCUT2D eigenvalue weighted by Gasteiger charge is 2.24. The second kappa shape index (κ2) is 5.12. The van der Waals surface area contributed by atoms with Crippen LogP contribution in [0.4, 0.5) is 0 Å². The first-order valence-electron chi connectivity index (χ1n) is 5.79. The molecule has 0 aliphatic carbocycles. The molecule has 2 N–H and O–H groups in total. The maximum atomic E-state index is 11.8. The maximum Gasteiger partial charge on any atom is 0.224 e. The zero-order valence-corrected chi connectivity index (χ0v) is 9.57. The molecule has 0 spiro atoms. The Morgan fingerprint density at radius 2 is 2.12 bits per heavy atom. The van der Waals surface area contributed by atoms with Crippen molar-refractivity contribution in [3.05, 3.63) is 35.9 Å². The largest absolute Gasteiger partial charge is 0.351 e. The summed E-state index contributed by atoms with van der Waals surface area (Å²) >= 11 is 0. The first-order chi connectivity index (χ1) is 7.75. The van der Waals surface area contributed by atoms with Crippen LogP contribution >= 0.6 is 0 Å². The van der Waals surface area contributed by atoms with E-state index in [0.29, 0.717) is 12.3 Å². The van der Waals surface area contributed by atoms with Gasteiger partial charge in [-0.15, -0.1) is 0 Å². The van der Waals surface area contributed by atoms with E-state index < -0.39 is 0 Å². The molecule has 1 aliphatic rings. The van der Waals surface area contributed by atoms with Crippen LogP contribution in [-0.2, 0) is 11.2 Å². The van der Waals surface area contributed by atoms with Gasteiger partial charge >= 0.3 is 0 Å². The number of hydrogen-bond acceptors (Lipinski definition) is 2. The number of carbonyl (C=O) groups excluding carboxylic acids is 1. The lowest BCUT2D eigenvalue weighted by atomic mass is 10.1. The standard InChI is InChI=1S/C13H18N2O/c1-10-8-14-9-12(10)15-13(16)7-11-5-3-2-4-6-11/h2-6,10,12,14H,7-9H2,1H3,(H,15,16). The van der Waals surface area contributed by atoms with Crippen molar-refractivity contribution < 1.29 is 4.79 Å². The number of amides is 1. The van der Waals surface area contributed by atoms with E-state index in [1.54, 1.807) is 0 Å². The zero-order valence-electron chi connectivity index (χ0n) is 9.57. The van der Waals surface area contributed by atoms with Gasteiger partial charge in [-0.05, 0) is 18.0 Å². The Labute approximate surface area is 96.2 Å². The van der Waals surface area contributed by atoms with Gasteiger partial charge in [-0.25, -0.2) is 0 Å². The minimum absolute atomic E-state index is 0.117. The van der Waals surface area contributed by atoms with Gasteiger partial charge in [0.15, 0.2) is 0 Å². The van der Waals surface area contributed by atoms with Crippen molar-refractivity contribution in [2.24, 2.45) is 5.92 Å². The highest BCUT2D eigenvalue weighted by molar-refractivity contribution is 5.78. The SMILES string of the molecule is CC1CNCC1NC(=O)Cc1ccccc1. The van der Waals surface area contributed by atoms with Crippen LogP contribution in [0.1, 0.15) is 12.5 Å². The van der Waals surface area contributed by atoms with E-state index in [1.807, 2.05) is 30.3 Å². The van der Waals surface area contributed by atoms with Crippen molar-refractivity contribution in [1.29, 1.82) is 0 Å². The predicted molar refractivity (Wildman–Crippen MR) is 64.1 cm³/mol. The molecule has 1 aromatic carbocycles. The second-order valence-electron chi connectivity index (χ2n) is 4.47. The van der Waals surface area contributed by atoms with Crippen molar-refractivity contribution in [3.63, 3.8) is 0 Å². The van der Waals surface area contributed by atoms with Crippen LogP contribution in [0.5, 0.6) is 0 Å². The molecular formula is C13H18N2O. The first-order valence-corrected chi connectivity index (χ1v) is 5.79. The lowest BCUT2D eigenvalue weighted by molar-refractivity contribution is -0.121. The molecule has 1 amide bonds. The van der Waals surface area contributed by atoms with E-state index in [1.165, 1.54) is 0 Å². The van der Waals surface area contributed by atoms with E-state index in [0.717, 1.165) is 18.7 Å². The highest BCUT2D eigenvalue weighted by Crippen LogP contribution is 2.08. The zero-order chi connectivity index (χ0) is 11.4. The Hall–Kier alpha value is -1.35. The Morgan fingerprint density at radius 3 is 2.75 bits per heavy atom. The Bertz CT molecular complexity index is 350. The lowest BCUT2D eigenvalue weighted by Crippen LogP contribution is -2.40. The predicted octanol–water partition coefficient (Wildman–Crippen LogP) is 0.953. The summed E-state index contributed by atoms with van der Waals surface area (Å²) in [5.41, 5.74) is 1.07. The monoisotopic (exact) mass is 218 g/mol. The van der Waals surface area contributed by atoms with Gasteiger partial charge in [0.2, 0.25) is 5.91 Å². The molecule has 1 saturated heterocycles. The summed E-state index contributed by atoms with van der Waals surface area (Å²) in [6.45, 7) is 4.05. The van der Waals surface area contributed by atoms with Crippen molar-refractivity contribution in [1.82, 2.24) is 10.6 Å². The summed E-state index contributed by atoms with van der Waals surface area (Å²) in [5.74, 6) is 0.645. The highest BCUT2D eigenvalue weighted by atomic mass is 16.1. The van der Waals surface area contributed by atoms with Gasteiger partial charge in [0.1, 0.15) is 0 Å². The summed E-state index contributed by atoms with van der Waals surface area (Å²) < 4.78 is 0. The minimum Gasteiger partial charge on any atom is -0.351 e. The third-order valence-corrected chi connectivity index (χ3v) is 3.07. The van der Waals surface area contributed by atoms with Crippen LogP contribution in [0.25, 0.3) is 0 Å². The van der Waals surface area contributed by atoms with Crippen molar-refractivity contribution >= 4 is 5.91 Å². The van der Waals surface area contributed by atoms with Gasteiger partial charge in [0, 0.05) is 12.6 Å². The molecule has 16 heavy (non-hydrogen) atoms. The van der Waals surface area contributed by atoms with Crippen LogP contribution in [0.15, 0.2) is 30.3 Å². The number of benzene rings is 1.